The van der Waals surface area contributed by atoms with Crippen molar-refractivity contribution in [2.24, 2.45) is 0 Å². The second kappa shape index (κ2) is 11.5. The quantitative estimate of drug-likeness (QED) is 0.251. The monoisotopic (exact) mass is 499 g/mol. The van der Waals surface area contributed by atoms with E-state index in [1.54, 1.807) is 38.3 Å². The van der Waals surface area contributed by atoms with E-state index in [-0.39, 0.29) is 5.11 Å². The molecule has 178 valence electrons. The first-order chi connectivity index (χ1) is 16.3. The maximum atomic E-state index is 12.6. The van der Waals surface area contributed by atoms with Gasteiger partial charge in [0.15, 0.2) is 11.2 Å². The number of benzene rings is 2. The summed E-state index contributed by atoms with van der Waals surface area (Å²) in [4.78, 5) is 25.9. The molecule has 0 radical (unpaired) electrons. The van der Waals surface area contributed by atoms with E-state index in [0.717, 1.165) is 16.0 Å². The number of hydrogen-bond donors (Lipinski definition) is 3. The topological polar surface area (TPSA) is 97.9 Å². The van der Waals surface area contributed by atoms with Crippen molar-refractivity contribution < 1.29 is 23.8 Å². The molecular formula is C24H25N3O5S2. The molecule has 0 aliphatic carbocycles. The van der Waals surface area contributed by atoms with Crippen LogP contribution < -0.4 is 25.6 Å². The number of carbonyl (C=O) groups is 2. The Labute approximate surface area is 207 Å². The molecule has 1 amide bonds. The van der Waals surface area contributed by atoms with Crippen LogP contribution in [0, 0.1) is 6.92 Å². The smallest absolute Gasteiger partial charge is 0.341 e. The third kappa shape index (κ3) is 6.03. The number of rotatable bonds is 7. The lowest BCUT2D eigenvalue weighted by Gasteiger charge is -2.17. The minimum absolute atomic E-state index is 0.105. The maximum absolute atomic E-state index is 12.6. The van der Waals surface area contributed by atoms with Crippen molar-refractivity contribution in [1.29, 1.82) is 0 Å². The summed E-state index contributed by atoms with van der Waals surface area (Å²) in [6, 6.07) is 16.5. The molecule has 3 rings (SSSR count). The molecule has 34 heavy (non-hydrogen) atoms. The highest BCUT2D eigenvalue weighted by molar-refractivity contribution is 7.80. The lowest BCUT2D eigenvalue weighted by Crippen LogP contribution is -2.48. The number of aryl methyl sites for hydroxylation is 1. The van der Waals surface area contributed by atoms with Crippen LogP contribution in [0.25, 0.3) is 11.1 Å². The first-order valence-electron chi connectivity index (χ1n) is 10.3. The second-order valence-electron chi connectivity index (χ2n) is 7.10. The first kappa shape index (κ1) is 25.0. The van der Waals surface area contributed by atoms with Crippen LogP contribution in [0.15, 0.2) is 54.6 Å². The number of ether oxygens (including phenoxy) is 3. The summed E-state index contributed by atoms with van der Waals surface area (Å²) in [7, 11) is 2.88. The Bertz CT molecular complexity index is 1180. The van der Waals surface area contributed by atoms with Gasteiger partial charge in [-0.05, 0) is 43.8 Å². The predicted octanol–water partition coefficient (Wildman–Crippen LogP) is 4.30. The summed E-state index contributed by atoms with van der Waals surface area (Å²) in [6.45, 7) is 3.53. The molecule has 0 aliphatic heterocycles. The zero-order valence-electron chi connectivity index (χ0n) is 19.1. The van der Waals surface area contributed by atoms with Crippen molar-refractivity contribution in [1.82, 2.24) is 10.9 Å². The lowest BCUT2D eigenvalue weighted by molar-refractivity contribution is -0.127. The van der Waals surface area contributed by atoms with E-state index < -0.39 is 18.0 Å². The average Bonchev–Trinajstić information content (AvgIpc) is 3.17. The molecule has 10 heteroatoms. The second-order valence-corrected chi connectivity index (χ2v) is 8.74. The summed E-state index contributed by atoms with van der Waals surface area (Å²) in [5, 5.41) is 3.60. The molecule has 0 fully saturated rings. The van der Waals surface area contributed by atoms with Crippen molar-refractivity contribution in [2.75, 3.05) is 19.5 Å². The number of thiophene rings is 1. The number of esters is 1. The number of hydrazine groups is 1. The number of anilines is 1. The van der Waals surface area contributed by atoms with Crippen molar-refractivity contribution in [3.8, 4) is 22.6 Å². The minimum Gasteiger partial charge on any atom is -0.497 e. The number of thiocarbonyl (C=S) groups is 1. The number of carbonyl (C=O) groups excluding carboxylic acids is 2. The summed E-state index contributed by atoms with van der Waals surface area (Å²) in [5.41, 5.74) is 7.19. The van der Waals surface area contributed by atoms with Crippen molar-refractivity contribution in [2.45, 2.75) is 20.0 Å². The fourth-order valence-electron chi connectivity index (χ4n) is 3.17. The SMILES string of the molecule is COC(=O)c1c(NC(=S)NNC(=O)C(C)Oc2cccc(OC)c2)sc(C)c1-c1ccccc1. The highest BCUT2D eigenvalue weighted by Crippen LogP contribution is 2.40. The van der Waals surface area contributed by atoms with Crippen LogP contribution in [-0.4, -0.2) is 37.3 Å². The van der Waals surface area contributed by atoms with Gasteiger partial charge < -0.3 is 19.5 Å². The Balaban J connectivity index is 1.66. The zero-order chi connectivity index (χ0) is 24.7. The number of methoxy groups -OCH3 is 2. The number of amides is 1. The molecule has 1 aromatic heterocycles. The van der Waals surface area contributed by atoms with Gasteiger partial charge in [-0.1, -0.05) is 36.4 Å². The van der Waals surface area contributed by atoms with E-state index in [0.29, 0.717) is 22.1 Å². The Kier molecular flexibility index (Phi) is 8.44. The summed E-state index contributed by atoms with van der Waals surface area (Å²) < 4.78 is 15.8. The molecule has 8 nitrogen and oxygen atoms in total. The van der Waals surface area contributed by atoms with Crippen LogP contribution in [0.1, 0.15) is 22.2 Å². The Hall–Kier alpha value is -3.63. The van der Waals surface area contributed by atoms with E-state index in [1.165, 1.54) is 18.4 Å². The minimum atomic E-state index is -0.804. The molecular weight excluding hydrogens is 474 g/mol. The molecule has 2 aromatic carbocycles. The molecule has 0 spiro atoms. The molecule has 0 saturated carbocycles. The molecule has 1 unspecified atom stereocenters. The molecule has 0 aliphatic rings. The standard InChI is InChI=1S/C24H25N3O5S2/c1-14(32-18-12-8-11-17(13-18)30-3)21(28)26-27-24(33)25-22-20(23(29)31-4)19(15(2)34-22)16-9-6-5-7-10-16/h5-14H,1-4H3,(H,26,28)(H2,25,27,33). The van der Waals surface area contributed by atoms with Crippen molar-refractivity contribution in [3.63, 3.8) is 0 Å². The summed E-state index contributed by atoms with van der Waals surface area (Å²) >= 11 is 6.68. The normalized spacial score (nSPS) is 11.2. The van der Waals surface area contributed by atoms with E-state index in [9.17, 15) is 9.59 Å². The number of nitrogens with one attached hydrogen (secondary N) is 3. The highest BCUT2D eigenvalue weighted by Gasteiger charge is 2.24. The predicted molar refractivity (Wildman–Crippen MR) is 136 cm³/mol. The Morgan fingerprint density at radius 3 is 2.38 bits per heavy atom. The number of hydrogen-bond acceptors (Lipinski definition) is 7. The van der Waals surface area contributed by atoms with Crippen LogP contribution in [0.3, 0.4) is 0 Å². The Morgan fingerprint density at radius 1 is 1.00 bits per heavy atom. The van der Waals surface area contributed by atoms with Crippen LogP contribution >= 0.6 is 23.6 Å². The van der Waals surface area contributed by atoms with E-state index in [4.69, 9.17) is 26.4 Å². The van der Waals surface area contributed by atoms with Gasteiger partial charge in [0.1, 0.15) is 22.1 Å². The Morgan fingerprint density at radius 2 is 1.71 bits per heavy atom. The zero-order valence-corrected chi connectivity index (χ0v) is 20.8. The molecule has 1 heterocycles. The first-order valence-corrected chi connectivity index (χ1v) is 11.5. The van der Waals surface area contributed by atoms with Crippen LogP contribution in [0.5, 0.6) is 11.5 Å². The molecule has 1 atom stereocenters. The third-order valence-electron chi connectivity index (χ3n) is 4.79. The van der Waals surface area contributed by atoms with Gasteiger partial charge in [0.2, 0.25) is 0 Å². The van der Waals surface area contributed by atoms with E-state index in [1.807, 2.05) is 37.3 Å². The van der Waals surface area contributed by atoms with Gasteiger partial charge >= 0.3 is 5.97 Å². The van der Waals surface area contributed by atoms with Gasteiger partial charge in [-0.15, -0.1) is 11.3 Å². The maximum Gasteiger partial charge on any atom is 0.341 e. The van der Waals surface area contributed by atoms with Gasteiger partial charge in [0, 0.05) is 16.5 Å². The molecule has 3 aromatic rings. The van der Waals surface area contributed by atoms with Crippen LogP contribution in [0.2, 0.25) is 0 Å². The average molecular weight is 500 g/mol. The molecule has 0 bridgehead atoms. The largest absolute Gasteiger partial charge is 0.497 e. The third-order valence-corrected chi connectivity index (χ3v) is 6.01. The summed E-state index contributed by atoms with van der Waals surface area (Å²) in [6.07, 6.45) is -0.804. The van der Waals surface area contributed by atoms with Gasteiger partial charge in [0.05, 0.1) is 14.2 Å². The molecule has 3 N–H and O–H groups in total. The van der Waals surface area contributed by atoms with Gasteiger partial charge in [-0.25, -0.2) is 4.79 Å². The van der Waals surface area contributed by atoms with Crippen LogP contribution in [-0.2, 0) is 9.53 Å². The van der Waals surface area contributed by atoms with Gasteiger partial charge in [-0.3, -0.25) is 15.6 Å². The molecule has 0 saturated heterocycles. The summed E-state index contributed by atoms with van der Waals surface area (Å²) in [5.74, 6) is 0.189. The fourth-order valence-corrected chi connectivity index (χ4v) is 4.45. The van der Waals surface area contributed by atoms with Gasteiger partial charge in [-0.2, -0.15) is 0 Å². The van der Waals surface area contributed by atoms with E-state index in [2.05, 4.69) is 16.2 Å². The fraction of sp³-hybridized carbons (Fsp3) is 0.208. The van der Waals surface area contributed by atoms with E-state index >= 15 is 0 Å². The highest BCUT2D eigenvalue weighted by atomic mass is 32.1. The van der Waals surface area contributed by atoms with Crippen molar-refractivity contribution in [3.05, 3.63) is 65.0 Å². The lowest BCUT2D eigenvalue weighted by atomic mass is 10.0. The van der Waals surface area contributed by atoms with Gasteiger partial charge in [0.25, 0.3) is 5.91 Å². The van der Waals surface area contributed by atoms with Crippen molar-refractivity contribution >= 4 is 45.5 Å². The van der Waals surface area contributed by atoms with Crippen LogP contribution in [0.4, 0.5) is 5.00 Å².